The lowest BCUT2D eigenvalue weighted by atomic mass is 10.2. The van der Waals surface area contributed by atoms with Crippen molar-refractivity contribution < 1.29 is 14.3 Å². The Morgan fingerprint density at radius 2 is 1.72 bits per heavy atom. The molecule has 1 N–H and O–H groups in total. The number of hydrogen-bond acceptors (Lipinski definition) is 4. The van der Waals surface area contributed by atoms with Crippen LogP contribution in [0.2, 0.25) is 0 Å². The maximum atomic E-state index is 12.4. The molecule has 1 aromatic carbocycles. The Kier molecular flexibility index (Phi) is 6.51. The normalized spacial score (nSPS) is 10.2. The number of pyridine rings is 1. The third-order valence-corrected chi connectivity index (χ3v) is 3.88. The van der Waals surface area contributed by atoms with E-state index in [2.05, 4.69) is 10.3 Å². The molecule has 0 aliphatic rings. The highest BCUT2D eigenvalue weighted by atomic mass is 16.5. The van der Waals surface area contributed by atoms with Gasteiger partial charge in [-0.2, -0.15) is 0 Å². The van der Waals surface area contributed by atoms with Crippen LogP contribution in [0.15, 0.2) is 42.5 Å². The van der Waals surface area contributed by atoms with Crippen LogP contribution >= 0.6 is 0 Å². The van der Waals surface area contributed by atoms with Crippen LogP contribution in [0.4, 0.5) is 0 Å². The van der Waals surface area contributed by atoms with Crippen LogP contribution in [-0.2, 0) is 6.54 Å². The minimum absolute atomic E-state index is 0.177. The fourth-order valence-electron chi connectivity index (χ4n) is 2.47. The number of aromatic nitrogens is 1. The molecule has 0 aliphatic heterocycles. The van der Waals surface area contributed by atoms with Crippen LogP contribution in [0.3, 0.4) is 0 Å². The van der Waals surface area contributed by atoms with E-state index in [-0.39, 0.29) is 23.2 Å². The summed E-state index contributed by atoms with van der Waals surface area (Å²) in [5, 5.41) is 2.81. The molecule has 0 saturated carbocycles. The monoisotopic (exact) mass is 341 g/mol. The number of rotatable bonds is 7. The number of nitrogens with one attached hydrogen (secondary N) is 1. The predicted molar refractivity (Wildman–Crippen MR) is 95.7 cm³/mol. The summed E-state index contributed by atoms with van der Waals surface area (Å²) in [6.07, 6.45) is 0. The highest BCUT2D eigenvalue weighted by Gasteiger charge is 2.16. The van der Waals surface area contributed by atoms with Gasteiger partial charge in [-0.25, -0.2) is 4.98 Å². The van der Waals surface area contributed by atoms with Gasteiger partial charge < -0.3 is 15.0 Å². The van der Waals surface area contributed by atoms with E-state index in [0.717, 1.165) is 5.56 Å². The second-order valence-corrected chi connectivity index (χ2v) is 5.38. The maximum absolute atomic E-state index is 12.4. The number of para-hydroxylation sites is 1. The van der Waals surface area contributed by atoms with E-state index in [4.69, 9.17) is 4.74 Å². The van der Waals surface area contributed by atoms with Crippen molar-refractivity contribution in [2.75, 3.05) is 20.2 Å². The van der Waals surface area contributed by atoms with Gasteiger partial charge in [-0.15, -0.1) is 0 Å². The standard InChI is InChI=1S/C19H23N3O3/c1-4-22(5-2)19(24)16-11-8-10-15(21-16)18(23)20-13-14-9-6-7-12-17(14)25-3/h6-12H,4-5,13H2,1-3H3,(H,20,23). The Morgan fingerprint density at radius 1 is 1.04 bits per heavy atom. The molecular formula is C19H23N3O3. The first-order chi connectivity index (χ1) is 12.1. The lowest BCUT2D eigenvalue weighted by molar-refractivity contribution is 0.0767. The molecule has 0 saturated heterocycles. The van der Waals surface area contributed by atoms with Crippen molar-refractivity contribution in [2.45, 2.75) is 20.4 Å². The highest BCUT2D eigenvalue weighted by molar-refractivity contribution is 5.96. The van der Waals surface area contributed by atoms with Gasteiger partial charge in [0.05, 0.1) is 7.11 Å². The number of methoxy groups -OCH3 is 1. The summed E-state index contributed by atoms with van der Waals surface area (Å²) in [5.41, 5.74) is 1.36. The average molecular weight is 341 g/mol. The molecule has 0 unspecified atom stereocenters. The molecular weight excluding hydrogens is 318 g/mol. The average Bonchev–Trinajstić information content (AvgIpc) is 2.67. The van der Waals surface area contributed by atoms with Crippen molar-refractivity contribution in [3.05, 3.63) is 59.4 Å². The second-order valence-electron chi connectivity index (χ2n) is 5.38. The summed E-state index contributed by atoms with van der Waals surface area (Å²) < 4.78 is 5.27. The Bertz CT molecular complexity index is 742. The van der Waals surface area contributed by atoms with Gasteiger partial charge in [0.1, 0.15) is 17.1 Å². The molecule has 0 fully saturated rings. The van der Waals surface area contributed by atoms with Gasteiger partial charge in [0.15, 0.2) is 0 Å². The molecule has 1 heterocycles. The molecule has 2 rings (SSSR count). The zero-order valence-corrected chi connectivity index (χ0v) is 14.8. The summed E-state index contributed by atoms with van der Waals surface area (Å²) in [5.74, 6) is 0.200. The van der Waals surface area contributed by atoms with Gasteiger partial charge in [-0.05, 0) is 32.0 Å². The van der Waals surface area contributed by atoms with Gasteiger partial charge in [-0.1, -0.05) is 24.3 Å². The fourth-order valence-corrected chi connectivity index (χ4v) is 2.47. The Morgan fingerprint density at radius 3 is 2.40 bits per heavy atom. The SMILES string of the molecule is CCN(CC)C(=O)c1cccc(C(=O)NCc2ccccc2OC)n1. The number of amides is 2. The van der Waals surface area contributed by atoms with E-state index in [0.29, 0.717) is 25.4 Å². The second kappa shape index (κ2) is 8.82. The molecule has 25 heavy (non-hydrogen) atoms. The summed E-state index contributed by atoms with van der Waals surface area (Å²) >= 11 is 0. The fraction of sp³-hybridized carbons (Fsp3) is 0.316. The minimum Gasteiger partial charge on any atom is -0.496 e. The third kappa shape index (κ3) is 4.56. The van der Waals surface area contributed by atoms with Crippen molar-refractivity contribution in [3.63, 3.8) is 0 Å². The topological polar surface area (TPSA) is 71.5 Å². The van der Waals surface area contributed by atoms with Crippen LogP contribution < -0.4 is 10.1 Å². The molecule has 0 bridgehead atoms. The quantitative estimate of drug-likeness (QED) is 0.840. The van der Waals surface area contributed by atoms with Crippen molar-refractivity contribution in [2.24, 2.45) is 0 Å². The molecule has 132 valence electrons. The summed E-state index contributed by atoms with van der Waals surface area (Å²) in [7, 11) is 1.59. The number of benzene rings is 1. The molecule has 6 heteroatoms. The number of nitrogens with zero attached hydrogens (tertiary/aromatic N) is 2. The Labute approximate surface area is 147 Å². The zero-order valence-electron chi connectivity index (χ0n) is 14.8. The van der Waals surface area contributed by atoms with Gasteiger partial charge in [0.25, 0.3) is 11.8 Å². The molecule has 2 amide bonds. The molecule has 0 radical (unpaired) electrons. The molecule has 6 nitrogen and oxygen atoms in total. The van der Waals surface area contributed by atoms with Crippen molar-refractivity contribution in [1.29, 1.82) is 0 Å². The largest absolute Gasteiger partial charge is 0.496 e. The number of ether oxygens (including phenoxy) is 1. The third-order valence-electron chi connectivity index (χ3n) is 3.88. The number of hydrogen-bond donors (Lipinski definition) is 1. The first-order valence-corrected chi connectivity index (χ1v) is 8.27. The first kappa shape index (κ1) is 18.4. The Balaban J connectivity index is 2.09. The molecule has 0 aliphatic carbocycles. The van der Waals surface area contributed by atoms with Crippen LogP contribution in [0.1, 0.15) is 40.4 Å². The van der Waals surface area contributed by atoms with Crippen LogP contribution in [0.25, 0.3) is 0 Å². The van der Waals surface area contributed by atoms with E-state index >= 15 is 0 Å². The first-order valence-electron chi connectivity index (χ1n) is 8.27. The smallest absolute Gasteiger partial charge is 0.272 e. The molecule has 0 spiro atoms. The van der Waals surface area contributed by atoms with E-state index in [1.54, 1.807) is 30.2 Å². The predicted octanol–water partition coefficient (Wildman–Crippen LogP) is 2.50. The van der Waals surface area contributed by atoms with Crippen molar-refractivity contribution in [1.82, 2.24) is 15.2 Å². The van der Waals surface area contributed by atoms with Gasteiger partial charge in [-0.3, -0.25) is 9.59 Å². The van der Waals surface area contributed by atoms with Crippen molar-refractivity contribution >= 4 is 11.8 Å². The summed E-state index contributed by atoms with van der Waals surface area (Å²) in [4.78, 5) is 30.6. The van der Waals surface area contributed by atoms with Gasteiger partial charge >= 0.3 is 0 Å². The van der Waals surface area contributed by atoms with Crippen LogP contribution in [-0.4, -0.2) is 41.9 Å². The highest BCUT2D eigenvalue weighted by Crippen LogP contribution is 2.16. The Hall–Kier alpha value is -2.89. The summed E-state index contributed by atoms with van der Waals surface area (Å²) in [6.45, 7) is 5.33. The maximum Gasteiger partial charge on any atom is 0.272 e. The lowest BCUT2D eigenvalue weighted by Crippen LogP contribution is -2.32. The van der Waals surface area contributed by atoms with Crippen LogP contribution in [0, 0.1) is 0 Å². The van der Waals surface area contributed by atoms with E-state index in [9.17, 15) is 9.59 Å². The molecule has 0 atom stereocenters. The van der Waals surface area contributed by atoms with Crippen LogP contribution in [0.5, 0.6) is 5.75 Å². The number of carbonyl (C=O) groups excluding carboxylic acids is 2. The van der Waals surface area contributed by atoms with Gasteiger partial charge in [0.2, 0.25) is 0 Å². The summed E-state index contributed by atoms with van der Waals surface area (Å²) in [6, 6.07) is 12.4. The van der Waals surface area contributed by atoms with Crippen molar-refractivity contribution in [3.8, 4) is 5.75 Å². The lowest BCUT2D eigenvalue weighted by Gasteiger charge is -2.18. The van der Waals surface area contributed by atoms with Gasteiger partial charge in [0, 0.05) is 25.2 Å². The molecule has 1 aromatic heterocycles. The number of carbonyl (C=O) groups is 2. The minimum atomic E-state index is -0.333. The van der Waals surface area contributed by atoms with E-state index in [1.807, 2.05) is 38.1 Å². The zero-order chi connectivity index (χ0) is 18.2. The van der Waals surface area contributed by atoms with E-state index < -0.39 is 0 Å². The van der Waals surface area contributed by atoms with E-state index in [1.165, 1.54) is 0 Å². The molecule has 2 aromatic rings.